The second-order valence-corrected chi connectivity index (χ2v) is 6.32. The zero-order valence-electron chi connectivity index (χ0n) is 15.2. The van der Waals surface area contributed by atoms with Crippen LogP contribution in [0.2, 0.25) is 0 Å². The van der Waals surface area contributed by atoms with E-state index in [1.807, 2.05) is 25.1 Å². The van der Waals surface area contributed by atoms with Crippen molar-refractivity contribution in [2.75, 3.05) is 10.6 Å². The van der Waals surface area contributed by atoms with Crippen molar-refractivity contribution >= 4 is 23.2 Å². The van der Waals surface area contributed by atoms with E-state index in [9.17, 15) is 4.79 Å². The predicted molar refractivity (Wildman–Crippen MR) is 105 cm³/mol. The lowest BCUT2D eigenvalue weighted by Gasteiger charge is -2.10. The van der Waals surface area contributed by atoms with Crippen LogP contribution in [0.5, 0.6) is 0 Å². The Morgan fingerprint density at radius 3 is 2.31 bits per heavy atom. The Morgan fingerprint density at radius 2 is 1.65 bits per heavy atom. The average molecular weight is 346 g/mol. The van der Waals surface area contributed by atoms with Gasteiger partial charge in [0.05, 0.1) is 0 Å². The summed E-state index contributed by atoms with van der Waals surface area (Å²) in [5, 5.41) is 6.52. The number of aromatic nitrogens is 2. The number of anilines is 3. The van der Waals surface area contributed by atoms with E-state index in [0.29, 0.717) is 23.9 Å². The van der Waals surface area contributed by atoms with Gasteiger partial charge in [-0.1, -0.05) is 29.8 Å². The highest BCUT2D eigenvalue weighted by Crippen LogP contribution is 2.18. The Kier molecular flexibility index (Phi) is 5.27. The number of rotatable bonds is 6. The normalized spacial score (nSPS) is 10.4. The van der Waals surface area contributed by atoms with Crippen molar-refractivity contribution in [3.8, 4) is 0 Å². The first-order valence-corrected chi connectivity index (χ1v) is 8.53. The zero-order chi connectivity index (χ0) is 18.5. The van der Waals surface area contributed by atoms with Crippen LogP contribution in [-0.2, 0) is 6.54 Å². The van der Waals surface area contributed by atoms with Gasteiger partial charge in [0, 0.05) is 29.6 Å². The zero-order valence-corrected chi connectivity index (χ0v) is 15.2. The number of carbonyl (C=O) groups is 1. The smallest absolute Gasteiger partial charge is 0.225 e. The van der Waals surface area contributed by atoms with E-state index in [-0.39, 0.29) is 5.78 Å². The summed E-state index contributed by atoms with van der Waals surface area (Å²) in [5.41, 5.74) is 4.85. The third-order valence-corrected chi connectivity index (χ3v) is 3.99. The summed E-state index contributed by atoms with van der Waals surface area (Å²) in [6, 6.07) is 17.6. The van der Waals surface area contributed by atoms with Crippen molar-refractivity contribution in [2.24, 2.45) is 0 Å². The van der Waals surface area contributed by atoms with Gasteiger partial charge in [-0.15, -0.1) is 0 Å². The Labute approximate surface area is 153 Å². The van der Waals surface area contributed by atoms with Crippen LogP contribution in [0.3, 0.4) is 0 Å². The number of benzene rings is 2. The summed E-state index contributed by atoms with van der Waals surface area (Å²) in [4.78, 5) is 20.3. The molecule has 0 aliphatic carbocycles. The van der Waals surface area contributed by atoms with Gasteiger partial charge in [-0.25, -0.2) is 4.98 Å². The second kappa shape index (κ2) is 7.78. The Balaban J connectivity index is 1.70. The van der Waals surface area contributed by atoms with Gasteiger partial charge in [-0.2, -0.15) is 4.98 Å². The van der Waals surface area contributed by atoms with Crippen LogP contribution in [0, 0.1) is 13.8 Å². The molecule has 0 atom stereocenters. The van der Waals surface area contributed by atoms with E-state index >= 15 is 0 Å². The molecule has 3 rings (SSSR count). The molecule has 0 aliphatic heterocycles. The average Bonchev–Trinajstić information content (AvgIpc) is 2.61. The summed E-state index contributed by atoms with van der Waals surface area (Å²) in [6.45, 7) is 6.23. The SMILES string of the molecule is CC(=O)c1ccc(Nc2cc(C)nc(NCc3ccc(C)cc3)n2)cc1. The van der Waals surface area contributed by atoms with Gasteiger partial charge >= 0.3 is 0 Å². The lowest BCUT2D eigenvalue weighted by molar-refractivity contribution is 0.101. The van der Waals surface area contributed by atoms with Crippen LogP contribution in [-0.4, -0.2) is 15.8 Å². The summed E-state index contributed by atoms with van der Waals surface area (Å²) in [6.07, 6.45) is 0. The Hall–Kier alpha value is -3.21. The molecule has 5 heteroatoms. The highest BCUT2D eigenvalue weighted by atomic mass is 16.1. The van der Waals surface area contributed by atoms with Crippen molar-refractivity contribution in [3.05, 3.63) is 77.0 Å². The van der Waals surface area contributed by atoms with Gasteiger partial charge in [-0.05, 0) is 50.6 Å². The number of ketones is 1. The number of nitrogens with one attached hydrogen (secondary N) is 2. The molecule has 1 aromatic heterocycles. The van der Waals surface area contributed by atoms with Crippen molar-refractivity contribution in [1.29, 1.82) is 0 Å². The topological polar surface area (TPSA) is 66.9 Å². The first-order valence-electron chi connectivity index (χ1n) is 8.53. The minimum Gasteiger partial charge on any atom is -0.350 e. The molecule has 0 aliphatic rings. The summed E-state index contributed by atoms with van der Waals surface area (Å²) < 4.78 is 0. The largest absolute Gasteiger partial charge is 0.350 e. The molecule has 0 saturated heterocycles. The maximum Gasteiger partial charge on any atom is 0.225 e. The Bertz CT molecular complexity index is 902. The number of hydrogen-bond acceptors (Lipinski definition) is 5. The number of carbonyl (C=O) groups excluding carboxylic acids is 1. The number of nitrogens with zero attached hydrogens (tertiary/aromatic N) is 2. The van der Waals surface area contributed by atoms with E-state index in [1.165, 1.54) is 11.1 Å². The lowest BCUT2D eigenvalue weighted by atomic mass is 10.1. The lowest BCUT2D eigenvalue weighted by Crippen LogP contribution is -2.06. The van der Waals surface area contributed by atoms with Gasteiger partial charge in [0.2, 0.25) is 5.95 Å². The highest BCUT2D eigenvalue weighted by molar-refractivity contribution is 5.94. The molecule has 0 spiro atoms. The van der Waals surface area contributed by atoms with E-state index in [1.54, 1.807) is 19.1 Å². The molecular formula is C21H22N4O. The van der Waals surface area contributed by atoms with Gasteiger partial charge in [0.15, 0.2) is 5.78 Å². The fourth-order valence-electron chi connectivity index (χ4n) is 2.53. The minimum atomic E-state index is 0.0528. The van der Waals surface area contributed by atoms with Crippen LogP contribution in [0.1, 0.15) is 34.1 Å². The third-order valence-electron chi connectivity index (χ3n) is 3.99. The highest BCUT2D eigenvalue weighted by Gasteiger charge is 2.04. The van der Waals surface area contributed by atoms with Crippen LogP contribution < -0.4 is 10.6 Å². The molecule has 26 heavy (non-hydrogen) atoms. The van der Waals surface area contributed by atoms with E-state index in [4.69, 9.17) is 0 Å². The summed E-state index contributed by atoms with van der Waals surface area (Å²) in [5.74, 6) is 1.34. The molecule has 0 unspecified atom stereocenters. The summed E-state index contributed by atoms with van der Waals surface area (Å²) in [7, 11) is 0. The molecule has 2 aromatic carbocycles. The van der Waals surface area contributed by atoms with E-state index in [2.05, 4.69) is 51.8 Å². The molecule has 0 saturated carbocycles. The Morgan fingerprint density at radius 1 is 0.962 bits per heavy atom. The molecule has 0 amide bonds. The number of aryl methyl sites for hydroxylation is 2. The molecule has 2 N–H and O–H groups in total. The number of hydrogen-bond donors (Lipinski definition) is 2. The standard InChI is InChI=1S/C21H22N4O/c1-14-4-6-17(7-5-14)13-22-21-23-15(2)12-20(25-21)24-19-10-8-18(9-11-19)16(3)26/h4-12H,13H2,1-3H3,(H2,22,23,24,25). The third kappa shape index (κ3) is 4.66. The molecule has 5 nitrogen and oxygen atoms in total. The van der Waals surface area contributed by atoms with Crippen molar-refractivity contribution in [2.45, 2.75) is 27.3 Å². The molecule has 0 bridgehead atoms. The van der Waals surface area contributed by atoms with Crippen LogP contribution in [0.15, 0.2) is 54.6 Å². The van der Waals surface area contributed by atoms with E-state index < -0.39 is 0 Å². The fourth-order valence-corrected chi connectivity index (χ4v) is 2.53. The van der Waals surface area contributed by atoms with Gasteiger partial charge in [0.25, 0.3) is 0 Å². The van der Waals surface area contributed by atoms with Gasteiger partial charge < -0.3 is 10.6 Å². The molecule has 1 heterocycles. The quantitative estimate of drug-likeness (QED) is 0.636. The van der Waals surface area contributed by atoms with E-state index in [0.717, 1.165) is 11.4 Å². The second-order valence-electron chi connectivity index (χ2n) is 6.32. The van der Waals surface area contributed by atoms with Gasteiger partial charge in [-0.3, -0.25) is 4.79 Å². The summed E-state index contributed by atoms with van der Waals surface area (Å²) >= 11 is 0. The molecular weight excluding hydrogens is 324 g/mol. The molecule has 132 valence electrons. The van der Waals surface area contributed by atoms with Gasteiger partial charge in [0.1, 0.15) is 5.82 Å². The predicted octanol–water partition coefficient (Wildman–Crippen LogP) is 4.65. The first-order chi connectivity index (χ1) is 12.5. The fraction of sp³-hybridized carbons (Fsp3) is 0.190. The van der Waals surface area contributed by atoms with Crippen molar-refractivity contribution in [1.82, 2.24) is 9.97 Å². The monoisotopic (exact) mass is 346 g/mol. The van der Waals surface area contributed by atoms with Crippen LogP contribution in [0.4, 0.5) is 17.5 Å². The van der Waals surface area contributed by atoms with Crippen molar-refractivity contribution in [3.63, 3.8) is 0 Å². The molecule has 3 aromatic rings. The van der Waals surface area contributed by atoms with Crippen LogP contribution >= 0.6 is 0 Å². The maximum absolute atomic E-state index is 11.4. The minimum absolute atomic E-state index is 0.0528. The van der Waals surface area contributed by atoms with Crippen LogP contribution in [0.25, 0.3) is 0 Å². The van der Waals surface area contributed by atoms with Crippen molar-refractivity contribution < 1.29 is 4.79 Å². The first kappa shape index (κ1) is 17.6. The maximum atomic E-state index is 11.4. The number of Topliss-reactive ketones (excluding diaryl/α,β-unsaturated/α-hetero) is 1. The molecule has 0 fully saturated rings. The molecule has 0 radical (unpaired) electrons.